The van der Waals surface area contributed by atoms with E-state index in [4.69, 9.17) is 0 Å². The van der Waals surface area contributed by atoms with Crippen LogP contribution in [0.2, 0.25) is 0 Å². The Balaban J connectivity index is 2.28. The first-order chi connectivity index (χ1) is 9.88. The predicted octanol–water partition coefficient (Wildman–Crippen LogP) is 4.68. The number of nitro benzene ring substituents is 1. The van der Waals surface area contributed by atoms with Crippen LogP contribution in [0.25, 0.3) is 0 Å². The number of aryl methyl sites for hydroxylation is 1. The summed E-state index contributed by atoms with van der Waals surface area (Å²) >= 11 is 6.63. The average Bonchev–Trinajstić information content (AvgIpc) is 2.43. The van der Waals surface area contributed by atoms with Gasteiger partial charge in [-0.05, 0) is 52.7 Å². The van der Waals surface area contributed by atoms with Gasteiger partial charge in [-0.15, -0.1) is 0 Å². The molecule has 0 aliphatic carbocycles. The zero-order valence-electron chi connectivity index (χ0n) is 10.9. The summed E-state index contributed by atoms with van der Waals surface area (Å²) < 4.78 is 1.49. The molecule has 0 saturated heterocycles. The molecule has 1 amide bonds. The molecule has 0 unspecified atom stereocenters. The third-order valence-corrected chi connectivity index (χ3v) is 4.41. The highest BCUT2D eigenvalue weighted by atomic mass is 79.9. The zero-order valence-corrected chi connectivity index (χ0v) is 14.1. The Morgan fingerprint density at radius 1 is 1.14 bits per heavy atom. The highest BCUT2D eigenvalue weighted by molar-refractivity contribution is 9.10. The quantitative estimate of drug-likeness (QED) is 0.586. The number of halogens is 2. The van der Waals surface area contributed by atoms with E-state index < -0.39 is 4.92 Å². The van der Waals surface area contributed by atoms with Crippen LogP contribution in [-0.4, -0.2) is 10.8 Å². The van der Waals surface area contributed by atoms with Crippen molar-refractivity contribution in [2.45, 2.75) is 6.92 Å². The van der Waals surface area contributed by atoms with Gasteiger partial charge in [-0.2, -0.15) is 0 Å². The number of hydrogen-bond donors (Lipinski definition) is 1. The fourth-order valence-corrected chi connectivity index (χ4v) is 2.30. The standard InChI is InChI=1S/C14H10Br2N2O3/c1-8-6-9(2-4-11(8)15)14(19)17-13-7-10(18(20)21)3-5-12(13)16/h2-7H,1H3,(H,17,19). The molecule has 0 atom stereocenters. The van der Waals surface area contributed by atoms with Crippen molar-refractivity contribution in [2.24, 2.45) is 0 Å². The van der Waals surface area contributed by atoms with Gasteiger partial charge in [0.25, 0.3) is 11.6 Å². The maximum absolute atomic E-state index is 12.2. The molecule has 1 N–H and O–H groups in total. The van der Waals surface area contributed by atoms with Gasteiger partial charge in [0.05, 0.1) is 10.6 Å². The molecule has 21 heavy (non-hydrogen) atoms. The number of carbonyl (C=O) groups excluding carboxylic acids is 1. The molecule has 0 bridgehead atoms. The minimum atomic E-state index is -0.508. The van der Waals surface area contributed by atoms with E-state index in [1.807, 2.05) is 6.92 Å². The normalized spacial score (nSPS) is 10.2. The van der Waals surface area contributed by atoms with Gasteiger partial charge in [0, 0.05) is 26.6 Å². The van der Waals surface area contributed by atoms with Crippen molar-refractivity contribution in [3.8, 4) is 0 Å². The second-order valence-corrected chi connectivity index (χ2v) is 6.05. The Kier molecular flexibility index (Phi) is 4.74. The molecular weight excluding hydrogens is 404 g/mol. The third-order valence-electron chi connectivity index (χ3n) is 2.83. The van der Waals surface area contributed by atoms with E-state index in [2.05, 4.69) is 37.2 Å². The van der Waals surface area contributed by atoms with Crippen LogP contribution in [0.1, 0.15) is 15.9 Å². The number of rotatable bonds is 3. The molecule has 7 heteroatoms. The molecule has 2 rings (SSSR count). The summed E-state index contributed by atoms with van der Waals surface area (Å²) in [4.78, 5) is 22.5. The Morgan fingerprint density at radius 2 is 1.81 bits per heavy atom. The molecular formula is C14H10Br2N2O3. The van der Waals surface area contributed by atoms with Gasteiger partial charge in [0.1, 0.15) is 0 Å². The number of benzene rings is 2. The highest BCUT2D eigenvalue weighted by Gasteiger charge is 2.13. The van der Waals surface area contributed by atoms with E-state index in [0.29, 0.717) is 15.7 Å². The first kappa shape index (κ1) is 15.7. The van der Waals surface area contributed by atoms with Crippen LogP contribution >= 0.6 is 31.9 Å². The minimum Gasteiger partial charge on any atom is -0.321 e. The van der Waals surface area contributed by atoms with Crippen molar-refractivity contribution in [2.75, 3.05) is 5.32 Å². The van der Waals surface area contributed by atoms with Gasteiger partial charge >= 0.3 is 0 Å². The molecule has 2 aromatic rings. The SMILES string of the molecule is Cc1cc(C(=O)Nc2cc([N+](=O)[O-])ccc2Br)ccc1Br. The monoisotopic (exact) mass is 412 g/mol. The Labute approximate surface area is 137 Å². The lowest BCUT2D eigenvalue weighted by Crippen LogP contribution is -2.12. The second-order valence-electron chi connectivity index (χ2n) is 4.34. The van der Waals surface area contributed by atoms with Crippen molar-refractivity contribution >= 4 is 49.1 Å². The second kappa shape index (κ2) is 6.36. The summed E-state index contributed by atoms with van der Waals surface area (Å²) in [5.41, 5.74) is 1.69. The number of nitro groups is 1. The molecule has 5 nitrogen and oxygen atoms in total. The Bertz CT molecular complexity index is 732. The molecule has 0 fully saturated rings. The van der Waals surface area contributed by atoms with Crippen molar-refractivity contribution in [3.05, 3.63) is 66.6 Å². The highest BCUT2D eigenvalue weighted by Crippen LogP contribution is 2.28. The molecule has 0 aliphatic rings. The van der Waals surface area contributed by atoms with Crippen LogP contribution in [-0.2, 0) is 0 Å². The Morgan fingerprint density at radius 3 is 2.43 bits per heavy atom. The molecule has 0 saturated carbocycles. The average molecular weight is 414 g/mol. The van der Waals surface area contributed by atoms with E-state index in [0.717, 1.165) is 10.0 Å². The van der Waals surface area contributed by atoms with Gasteiger partial charge in [-0.25, -0.2) is 0 Å². The number of hydrogen-bond acceptors (Lipinski definition) is 3. The van der Waals surface area contributed by atoms with Crippen LogP contribution in [0.3, 0.4) is 0 Å². The minimum absolute atomic E-state index is 0.0829. The van der Waals surface area contributed by atoms with Crippen LogP contribution in [0, 0.1) is 17.0 Å². The molecule has 0 spiro atoms. The molecule has 0 aromatic heterocycles. The maximum Gasteiger partial charge on any atom is 0.271 e. The summed E-state index contributed by atoms with van der Waals surface area (Å²) in [6.45, 7) is 1.88. The number of carbonyl (C=O) groups is 1. The molecule has 0 aliphatic heterocycles. The van der Waals surface area contributed by atoms with E-state index in [-0.39, 0.29) is 11.6 Å². The first-order valence-electron chi connectivity index (χ1n) is 5.90. The predicted molar refractivity (Wildman–Crippen MR) is 87.6 cm³/mol. The van der Waals surface area contributed by atoms with Gasteiger partial charge in [-0.3, -0.25) is 14.9 Å². The lowest BCUT2D eigenvalue weighted by molar-refractivity contribution is -0.384. The van der Waals surface area contributed by atoms with E-state index in [1.165, 1.54) is 18.2 Å². The smallest absolute Gasteiger partial charge is 0.271 e. The van der Waals surface area contributed by atoms with Gasteiger partial charge in [0.2, 0.25) is 0 Å². The van der Waals surface area contributed by atoms with Crippen LogP contribution in [0.15, 0.2) is 45.3 Å². The van der Waals surface area contributed by atoms with E-state index >= 15 is 0 Å². The summed E-state index contributed by atoms with van der Waals surface area (Å²) in [6, 6.07) is 9.41. The van der Waals surface area contributed by atoms with Crippen molar-refractivity contribution < 1.29 is 9.72 Å². The lowest BCUT2D eigenvalue weighted by Gasteiger charge is -2.08. The van der Waals surface area contributed by atoms with E-state index in [1.54, 1.807) is 18.2 Å². The van der Waals surface area contributed by atoms with Crippen molar-refractivity contribution in [3.63, 3.8) is 0 Å². The van der Waals surface area contributed by atoms with Gasteiger partial charge in [-0.1, -0.05) is 15.9 Å². The van der Waals surface area contributed by atoms with Crippen molar-refractivity contribution in [1.29, 1.82) is 0 Å². The number of anilines is 1. The number of nitrogens with one attached hydrogen (secondary N) is 1. The number of nitrogens with zero attached hydrogens (tertiary/aromatic N) is 1. The van der Waals surface area contributed by atoms with Crippen LogP contribution < -0.4 is 5.32 Å². The van der Waals surface area contributed by atoms with Gasteiger partial charge < -0.3 is 5.32 Å². The lowest BCUT2D eigenvalue weighted by atomic mass is 10.1. The maximum atomic E-state index is 12.2. The fourth-order valence-electron chi connectivity index (χ4n) is 1.70. The molecule has 108 valence electrons. The fraction of sp³-hybridized carbons (Fsp3) is 0.0714. The first-order valence-corrected chi connectivity index (χ1v) is 7.48. The van der Waals surface area contributed by atoms with Crippen LogP contribution in [0.5, 0.6) is 0 Å². The summed E-state index contributed by atoms with van der Waals surface area (Å²) in [5.74, 6) is -0.327. The summed E-state index contributed by atoms with van der Waals surface area (Å²) in [6.07, 6.45) is 0. The topological polar surface area (TPSA) is 72.2 Å². The van der Waals surface area contributed by atoms with Crippen LogP contribution in [0.4, 0.5) is 11.4 Å². The van der Waals surface area contributed by atoms with Gasteiger partial charge in [0.15, 0.2) is 0 Å². The molecule has 0 radical (unpaired) electrons. The zero-order chi connectivity index (χ0) is 15.6. The molecule has 0 heterocycles. The number of amides is 1. The summed E-state index contributed by atoms with van der Waals surface area (Å²) in [5, 5.41) is 13.4. The summed E-state index contributed by atoms with van der Waals surface area (Å²) in [7, 11) is 0. The number of non-ortho nitro benzene ring substituents is 1. The van der Waals surface area contributed by atoms with E-state index in [9.17, 15) is 14.9 Å². The third kappa shape index (κ3) is 3.68. The Hall–Kier alpha value is -1.73. The largest absolute Gasteiger partial charge is 0.321 e. The van der Waals surface area contributed by atoms with Crippen molar-refractivity contribution in [1.82, 2.24) is 0 Å². The molecule has 2 aromatic carbocycles.